The standard InChI is InChI=1S/C27H48N2/c1-22(29(26-13-7-3-8-14-26)27-15-9-4-10-16-27)24-19-17-23(18-20-24)21-28-25-11-5-2-6-12-25/h23-28H,1-21H2. The van der Waals surface area contributed by atoms with Gasteiger partial charge in [0.15, 0.2) is 0 Å². The topological polar surface area (TPSA) is 15.3 Å². The van der Waals surface area contributed by atoms with Crippen molar-refractivity contribution in [3.63, 3.8) is 0 Å². The predicted molar refractivity (Wildman–Crippen MR) is 125 cm³/mol. The lowest BCUT2D eigenvalue weighted by Gasteiger charge is -2.47. The van der Waals surface area contributed by atoms with Gasteiger partial charge < -0.3 is 10.2 Å². The molecule has 0 aromatic carbocycles. The predicted octanol–water partition coefficient (Wildman–Crippen LogP) is 7.20. The highest BCUT2D eigenvalue weighted by molar-refractivity contribution is 5.07. The van der Waals surface area contributed by atoms with Gasteiger partial charge in [0.05, 0.1) is 0 Å². The van der Waals surface area contributed by atoms with E-state index < -0.39 is 0 Å². The first-order valence-electron chi connectivity index (χ1n) is 13.5. The van der Waals surface area contributed by atoms with E-state index in [9.17, 15) is 0 Å². The summed E-state index contributed by atoms with van der Waals surface area (Å²) >= 11 is 0. The maximum Gasteiger partial charge on any atom is 0.0289 e. The Labute approximate surface area is 181 Å². The summed E-state index contributed by atoms with van der Waals surface area (Å²) in [5.74, 6) is 1.68. The quantitative estimate of drug-likeness (QED) is 0.486. The van der Waals surface area contributed by atoms with Gasteiger partial charge in [-0.2, -0.15) is 0 Å². The van der Waals surface area contributed by atoms with Gasteiger partial charge in [-0.1, -0.05) is 64.4 Å². The maximum absolute atomic E-state index is 4.78. The van der Waals surface area contributed by atoms with Gasteiger partial charge in [-0.25, -0.2) is 0 Å². The summed E-state index contributed by atoms with van der Waals surface area (Å²) < 4.78 is 0. The van der Waals surface area contributed by atoms with Crippen molar-refractivity contribution in [1.29, 1.82) is 0 Å². The zero-order valence-corrected chi connectivity index (χ0v) is 19.2. The van der Waals surface area contributed by atoms with E-state index >= 15 is 0 Å². The molecule has 0 unspecified atom stereocenters. The van der Waals surface area contributed by atoms with E-state index in [-0.39, 0.29) is 0 Å². The molecule has 0 aromatic heterocycles. The average molecular weight is 401 g/mol. The first-order chi connectivity index (χ1) is 14.3. The van der Waals surface area contributed by atoms with Crippen LogP contribution in [0.5, 0.6) is 0 Å². The molecule has 4 fully saturated rings. The zero-order chi connectivity index (χ0) is 19.9. The smallest absolute Gasteiger partial charge is 0.0289 e. The van der Waals surface area contributed by atoms with Crippen molar-refractivity contribution in [3.05, 3.63) is 12.3 Å². The number of rotatable bonds is 7. The number of allylic oxidation sites excluding steroid dienone is 1. The summed E-state index contributed by atoms with van der Waals surface area (Å²) in [6, 6.07) is 2.44. The Morgan fingerprint density at radius 3 is 1.62 bits per heavy atom. The fourth-order valence-corrected chi connectivity index (χ4v) is 7.04. The highest BCUT2D eigenvalue weighted by Crippen LogP contribution is 2.39. The number of hydrogen-bond donors (Lipinski definition) is 1. The molecule has 4 rings (SSSR count). The van der Waals surface area contributed by atoms with Crippen LogP contribution in [0.15, 0.2) is 12.3 Å². The summed E-state index contributed by atoms with van der Waals surface area (Å²) in [6.45, 7) is 6.06. The van der Waals surface area contributed by atoms with Crippen LogP contribution in [0.3, 0.4) is 0 Å². The van der Waals surface area contributed by atoms with E-state index in [4.69, 9.17) is 6.58 Å². The Balaban J connectivity index is 1.28. The van der Waals surface area contributed by atoms with Gasteiger partial charge >= 0.3 is 0 Å². The summed E-state index contributed by atoms with van der Waals surface area (Å²) in [5.41, 5.74) is 1.56. The number of hydrogen-bond acceptors (Lipinski definition) is 2. The van der Waals surface area contributed by atoms with Crippen LogP contribution in [0.25, 0.3) is 0 Å². The lowest BCUT2D eigenvalue weighted by molar-refractivity contribution is 0.0959. The largest absolute Gasteiger partial charge is 0.369 e. The van der Waals surface area contributed by atoms with Crippen molar-refractivity contribution >= 4 is 0 Å². The van der Waals surface area contributed by atoms with Crippen molar-refractivity contribution in [2.24, 2.45) is 11.8 Å². The maximum atomic E-state index is 4.78. The van der Waals surface area contributed by atoms with E-state index in [0.717, 1.165) is 30.0 Å². The molecule has 0 atom stereocenters. The molecule has 4 aliphatic carbocycles. The molecule has 0 heterocycles. The van der Waals surface area contributed by atoms with Crippen LogP contribution in [-0.2, 0) is 0 Å². The molecule has 166 valence electrons. The van der Waals surface area contributed by atoms with E-state index in [2.05, 4.69) is 10.2 Å². The van der Waals surface area contributed by atoms with E-state index in [1.54, 1.807) is 5.70 Å². The molecule has 1 N–H and O–H groups in total. The van der Waals surface area contributed by atoms with Crippen LogP contribution >= 0.6 is 0 Å². The van der Waals surface area contributed by atoms with E-state index in [1.165, 1.54) is 129 Å². The minimum absolute atomic E-state index is 0.768. The lowest BCUT2D eigenvalue weighted by Crippen LogP contribution is -2.46. The highest BCUT2D eigenvalue weighted by atomic mass is 15.2. The van der Waals surface area contributed by atoms with Crippen LogP contribution in [0, 0.1) is 11.8 Å². The SMILES string of the molecule is C=C(C1CCC(CNC2CCCCC2)CC1)N(C1CCCCC1)C1CCCCC1. The third-order valence-electron chi connectivity index (χ3n) is 8.89. The fourth-order valence-electron chi connectivity index (χ4n) is 7.04. The first kappa shape index (κ1) is 21.7. The summed E-state index contributed by atoms with van der Waals surface area (Å²) in [6.07, 6.45) is 27.2. The Hall–Kier alpha value is -0.500. The number of nitrogens with one attached hydrogen (secondary N) is 1. The molecular weight excluding hydrogens is 352 g/mol. The van der Waals surface area contributed by atoms with Crippen LogP contribution in [0.1, 0.15) is 122 Å². The second kappa shape index (κ2) is 11.2. The minimum atomic E-state index is 0.768. The van der Waals surface area contributed by atoms with Crippen LogP contribution in [0.4, 0.5) is 0 Å². The Morgan fingerprint density at radius 2 is 1.10 bits per heavy atom. The van der Waals surface area contributed by atoms with Gasteiger partial charge in [-0.05, 0) is 82.6 Å². The highest BCUT2D eigenvalue weighted by Gasteiger charge is 2.34. The van der Waals surface area contributed by atoms with Gasteiger partial charge in [-0.3, -0.25) is 0 Å². The molecular formula is C27H48N2. The van der Waals surface area contributed by atoms with E-state index in [1.807, 2.05) is 0 Å². The van der Waals surface area contributed by atoms with Gasteiger partial charge in [0.25, 0.3) is 0 Å². The lowest BCUT2D eigenvalue weighted by atomic mass is 9.78. The molecule has 0 spiro atoms. The Morgan fingerprint density at radius 1 is 0.621 bits per heavy atom. The molecule has 0 saturated heterocycles. The molecule has 4 aliphatic rings. The summed E-state index contributed by atoms with van der Waals surface area (Å²) in [4.78, 5) is 2.92. The van der Waals surface area contributed by atoms with Gasteiger partial charge in [0, 0.05) is 23.8 Å². The van der Waals surface area contributed by atoms with E-state index in [0.29, 0.717) is 0 Å². The molecule has 29 heavy (non-hydrogen) atoms. The molecule has 0 radical (unpaired) electrons. The molecule has 0 aromatic rings. The molecule has 4 saturated carbocycles. The van der Waals surface area contributed by atoms with Crippen molar-refractivity contribution in [3.8, 4) is 0 Å². The average Bonchev–Trinajstić information content (AvgIpc) is 2.80. The molecule has 0 aliphatic heterocycles. The van der Waals surface area contributed by atoms with Crippen molar-refractivity contribution in [1.82, 2.24) is 10.2 Å². The first-order valence-corrected chi connectivity index (χ1v) is 13.5. The molecule has 0 amide bonds. The normalized spacial score (nSPS) is 30.9. The van der Waals surface area contributed by atoms with Gasteiger partial charge in [0.1, 0.15) is 0 Å². The summed E-state index contributed by atoms with van der Waals surface area (Å²) in [7, 11) is 0. The van der Waals surface area contributed by atoms with Crippen molar-refractivity contribution in [2.45, 2.75) is 140 Å². The Bertz CT molecular complexity index is 457. The Kier molecular flexibility index (Phi) is 8.40. The fraction of sp³-hybridized carbons (Fsp3) is 0.926. The van der Waals surface area contributed by atoms with Gasteiger partial charge in [-0.15, -0.1) is 0 Å². The minimum Gasteiger partial charge on any atom is -0.369 e. The van der Waals surface area contributed by atoms with Crippen molar-refractivity contribution in [2.75, 3.05) is 6.54 Å². The second-order valence-electron chi connectivity index (χ2n) is 10.9. The molecule has 0 bridgehead atoms. The van der Waals surface area contributed by atoms with Gasteiger partial charge in [0.2, 0.25) is 0 Å². The molecule has 2 nitrogen and oxygen atoms in total. The van der Waals surface area contributed by atoms with Crippen LogP contribution in [-0.4, -0.2) is 29.6 Å². The third kappa shape index (κ3) is 6.02. The number of nitrogens with zero attached hydrogens (tertiary/aromatic N) is 1. The third-order valence-corrected chi connectivity index (χ3v) is 8.89. The monoisotopic (exact) mass is 400 g/mol. The second-order valence-corrected chi connectivity index (χ2v) is 10.9. The molecule has 2 heteroatoms. The van der Waals surface area contributed by atoms with Crippen LogP contribution in [0.2, 0.25) is 0 Å². The summed E-state index contributed by atoms with van der Waals surface area (Å²) in [5, 5.41) is 3.93. The van der Waals surface area contributed by atoms with Crippen molar-refractivity contribution < 1.29 is 0 Å². The zero-order valence-electron chi connectivity index (χ0n) is 19.2. The van der Waals surface area contributed by atoms with Crippen LogP contribution < -0.4 is 5.32 Å².